The summed E-state index contributed by atoms with van der Waals surface area (Å²) < 4.78 is 56.7. The highest BCUT2D eigenvalue weighted by Crippen LogP contribution is 2.35. The molecule has 0 aliphatic heterocycles. The first-order chi connectivity index (χ1) is 11.3. The van der Waals surface area contributed by atoms with E-state index in [9.17, 15) is 17.6 Å². The van der Waals surface area contributed by atoms with Crippen LogP contribution >= 0.6 is 23.5 Å². The first kappa shape index (κ1) is 17.1. The second-order valence-electron chi connectivity index (χ2n) is 4.92. The maximum absolute atomic E-state index is 13.3. The average molecular weight is 376 g/mol. The number of hydrogen-bond donors (Lipinski definition) is 1. The van der Waals surface area contributed by atoms with Crippen molar-refractivity contribution in [3.8, 4) is 0 Å². The predicted octanol–water partition coefficient (Wildman–Crippen LogP) is 5.03. The Hall–Kier alpha value is -1.77. The second-order valence-corrected chi connectivity index (χ2v) is 6.22. The summed E-state index contributed by atoms with van der Waals surface area (Å²) in [6, 6.07) is 5.56. The molecule has 3 rings (SSSR count). The lowest BCUT2D eigenvalue weighted by Crippen LogP contribution is -2.30. The molecule has 0 radical (unpaired) electrons. The van der Waals surface area contributed by atoms with Gasteiger partial charge in [0.05, 0.1) is 6.20 Å². The number of nitrogens with zero attached hydrogens (tertiary/aromatic N) is 2. The molecule has 3 nitrogen and oxygen atoms in total. The van der Waals surface area contributed by atoms with Crippen LogP contribution in [0.2, 0.25) is 5.15 Å². The summed E-state index contributed by atoms with van der Waals surface area (Å²) in [5.41, 5.74) is 0.522. The summed E-state index contributed by atoms with van der Waals surface area (Å²) >= 11 is 6.76. The molecule has 126 valence electrons. The molecule has 0 bridgehead atoms. The van der Waals surface area contributed by atoms with E-state index in [4.69, 9.17) is 11.6 Å². The van der Waals surface area contributed by atoms with E-state index in [1.165, 1.54) is 6.20 Å². The van der Waals surface area contributed by atoms with Crippen LogP contribution < -0.4 is 4.72 Å². The summed E-state index contributed by atoms with van der Waals surface area (Å²) in [6.45, 7) is 0. The third-order valence-corrected chi connectivity index (χ3v) is 4.37. The second kappa shape index (κ2) is 6.62. The van der Waals surface area contributed by atoms with Crippen molar-refractivity contribution >= 4 is 29.2 Å². The molecule has 2 aromatic heterocycles. The van der Waals surface area contributed by atoms with Crippen molar-refractivity contribution in [3.05, 3.63) is 65.3 Å². The van der Waals surface area contributed by atoms with Crippen molar-refractivity contribution in [1.29, 1.82) is 0 Å². The van der Waals surface area contributed by atoms with Gasteiger partial charge in [-0.05, 0) is 41.8 Å². The monoisotopic (exact) mass is 375 g/mol. The molecule has 1 N–H and O–H groups in total. The molecule has 3 aromatic rings. The standard InChI is InChI=1S/C15H10ClF4N3S/c16-12-7-21-13-6-5-11(8-23(12)13)24-22-14(15(18,19)20)9-1-3-10(17)4-2-9/h1-8,14,22H. The molecule has 1 unspecified atom stereocenters. The van der Waals surface area contributed by atoms with Gasteiger partial charge < -0.3 is 0 Å². The van der Waals surface area contributed by atoms with Crippen molar-refractivity contribution in [2.45, 2.75) is 17.1 Å². The molecule has 24 heavy (non-hydrogen) atoms. The zero-order chi connectivity index (χ0) is 17.3. The maximum Gasteiger partial charge on any atom is 0.408 e. The van der Waals surface area contributed by atoms with E-state index in [2.05, 4.69) is 9.71 Å². The molecule has 0 fully saturated rings. The van der Waals surface area contributed by atoms with Gasteiger partial charge in [0.15, 0.2) is 0 Å². The van der Waals surface area contributed by atoms with Gasteiger partial charge in [0.1, 0.15) is 22.7 Å². The highest BCUT2D eigenvalue weighted by Gasteiger charge is 2.40. The quantitative estimate of drug-likeness (QED) is 0.512. The van der Waals surface area contributed by atoms with Gasteiger partial charge in [-0.15, -0.1) is 0 Å². The Morgan fingerprint density at radius 2 is 1.83 bits per heavy atom. The molecule has 0 aliphatic carbocycles. The number of halogens is 5. The molecule has 9 heteroatoms. The van der Waals surface area contributed by atoms with Crippen LogP contribution in [0.1, 0.15) is 11.6 Å². The summed E-state index contributed by atoms with van der Waals surface area (Å²) in [7, 11) is 0. The minimum absolute atomic E-state index is 0.0712. The zero-order valence-electron chi connectivity index (χ0n) is 11.9. The molecule has 0 amide bonds. The molecule has 0 aliphatic rings. The number of fused-ring (bicyclic) bond motifs is 1. The van der Waals surface area contributed by atoms with Crippen LogP contribution in [0.5, 0.6) is 0 Å². The first-order valence-corrected chi connectivity index (χ1v) is 7.91. The molecule has 2 heterocycles. The van der Waals surface area contributed by atoms with Crippen LogP contribution in [-0.4, -0.2) is 15.6 Å². The lowest BCUT2D eigenvalue weighted by Gasteiger charge is -2.21. The molecular weight excluding hydrogens is 366 g/mol. The highest BCUT2D eigenvalue weighted by atomic mass is 35.5. The van der Waals surface area contributed by atoms with Crippen molar-refractivity contribution in [3.63, 3.8) is 0 Å². The van der Waals surface area contributed by atoms with E-state index in [1.807, 2.05) is 0 Å². The Kier molecular flexibility index (Phi) is 4.71. The molecule has 1 aromatic carbocycles. The van der Waals surface area contributed by atoms with Crippen LogP contribution in [-0.2, 0) is 0 Å². The molecule has 1 atom stereocenters. The number of alkyl halides is 3. The SMILES string of the molecule is Fc1ccc(C(NSc2ccc3ncc(Cl)n3c2)C(F)(F)F)cc1. The van der Waals surface area contributed by atoms with Gasteiger partial charge >= 0.3 is 6.18 Å². The first-order valence-electron chi connectivity index (χ1n) is 6.72. The fraction of sp³-hybridized carbons (Fsp3) is 0.133. The van der Waals surface area contributed by atoms with Crippen LogP contribution in [0.4, 0.5) is 17.6 Å². The number of imidazole rings is 1. The van der Waals surface area contributed by atoms with E-state index in [0.717, 1.165) is 36.2 Å². The van der Waals surface area contributed by atoms with Crippen LogP contribution in [0, 0.1) is 5.82 Å². The molecule has 0 saturated carbocycles. The van der Waals surface area contributed by atoms with E-state index in [1.54, 1.807) is 22.7 Å². The number of aromatic nitrogens is 2. The minimum Gasteiger partial charge on any atom is -0.289 e. The van der Waals surface area contributed by atoms with Gasteiger partial charge in [-0.25, -0.2) is 14.1 Å². The average Bonchev–Trinajstić information content (AvgIpc) is 2.89. The zero-order valence-corrected chi connectivity index (χ0v) is 13.5. The summed E-state index contributed by atoms with van der Waals surface area (Å²) in [5.74, 6) is -0.590. The topological polar surface area (TPSA) is 29.3 Å². The Labute approximate surface area is 143 Å². The van der Waals surface area contributed by atoms with Crippen molar-refractivity contribution < 1.29 is 17.6 Å². The largest absolute Gasteiger partial charge is 0.408 e. The van der Waals surface area contributed by atoms with Crippen LogP contribution in [0.15, 0.2) is 53.7 Å². The lowest BCUT2D eigenvalue weighted by molar-refractivity contribution is -0.152. The molecule has 0 saturated heterocycles. The van der Waals surface area contributed by atoms with E-state index < -0.39 is 18.0 Å². The van der Waals surface area contributed by atoms with Crippen LogP contribution in [0.3, 0.4) is 0 Å². The fourth-order valence-corrected chi connectivity index (χ4v) is 3.10. The van der Waals surface area contributed by atoms with E-state index in [0.29, 0.717) is 15.7 Å². The highest BCUT2D eigenvalue weighted by molar-refractivity contribution is 7.97. The summed E-state index contributed by atoms with van der Waals surface area (Å²) in [6.07, 6.45) is -1.49. The molecule has 0 spiro atoms. The van der Waals surface area contributed by atoms with Gasteiger partial charge in [-0.1, -0.05) is 23.7 Å². The van der Waals surface area contributed by atoms with Gasteiger partial charge in [0.2, 0.25) is 0 Å². The number of rotatable bonds is 4. The fourth-order valence-electron chi connectivity index (χ4n) is 2.10. The number of hydrogen-bond acceptors (Lipinski definition) is 3. The third-order valence-electron chi connectivity index (χ3n) is 3.26. The maximum atomic E-state index is 13.3. The Balaban J connectivity index is 1.82. The van der Waals surface area contributed by atoms with Gasteiger partial charge in [0, 0.05) is 11.1 Å². The predicted molar refractivity (Wildman–Crippen MR) is 84.4 cm³/mol. The van der Waals surface area contributed by atoms with Gasteiger partial charge in [0.25, 0.3) is 0 Å². The van der Waals surface area contributed by atoms with Crippen molar-refractivity contribution in [2.24, 2.45) is 0 Å². The smallest absolute Gasteiger partial charge is 0.289 e. The lowest BCUT2D eigenvalue weighted by atomic mass is 10.1. The Bertz CT molecular complexity index is 848. The third kappa shape index (κ3) is 3.66. The number of nitrogens with one attached hydrogen (secondary N) is 1. The van der Waals surface area contributed by atoms with E-state index >= 15 is 0 Å². The minimum atomic E-state index is -4.53. The summed E-state index contributed by atoms with van der Waals surface area (Å²) in [4.78, 5) is 4.56. The van der Waals surface area contributed by atoms with Gasteiger partial charge in [-0.3, -0.25) is 4.40 Å². The normalized spacial score (nSPS) is 13.4. The Morgan fingerprint density at radius 3 is 2.50 bits per heavy atom. The number of benzene rings is 1. The van der Waals surface area contributed by atoms with Crippen LogP contribution in [0.25, 0.3) is 5.65 Å². The van der Waals surface area contributed by atoms with Crippen molar-refractivity contribution in [2.75, 3.05) is 0 Å². The molecular formula is C15H10ClF4N3S. The number of pyridine rings is 1. The van der Waals surface area contributed by atoms with E-state index in [-0.39, 0.29) is 5.56 Å². The summed E-state index contributed by atoms with van der Waals surface area (Å²) in [5, 5.41) is 0.360. The Morgan fingerprint density at radius 1 is 1.12 bits per heavy atom. The van der Waals surface area contributed by atoms with Gasteiger partial charge in [-0.2, -0.15) is 13.2 Å². The van der Waals surface area contributed by atoms with Crippen molar-refractivity contribution in [1.82, 2.24) is 14.1 Å².